The zero-order valence-electron chi connectivity index (χ0n) is 19.2. The Labute approximate surface area is 205 Å². The van der Waals surface area contributed by atoms with Crippen molar-refractivity contribution in [3.63, 3.8) is 0 Å². The third kappa shape index (κ3) is 5.68. The topological polar surface area (TPSA) is 126 Å². The van der Waals surface area contributed by atoms with Gasteiger partial charge in [-0.15, -0.1) is 0 Å². The van der Waals surface area contributed by atoms with Crippen molar-refractivity contribution in [2.75, 3.05) is 39.8 Å². The van der Waals surface area contributed by atoms with Gasteiger partial charge in [0, 0.05) is 11.5 Å². The lowest BCUT2D eigenvalue weighted by molar-refractivity contribution is -0.158. The van der Waals surface area contributed by atoms with Gasteiger partial charge in [-0.1, -0.05) is 15.9 Å². The molecule has 2 aromatic rings. The van der Waals surface area contributed by atoms with E-state index < -0.39 is 33.8 Å². The van der Waals surface area contributed by atoms with Crippen LogP contribution in [0.15, 0.2) is 45.8 Å². The Bertz CT molecular complexity index is 1160. The minimum atomic E-state index is -4.18. The molecule has 0 bridgehead atoms. The molecule has 0 heterocycles. The number of methoxy groups -OCH3 is 4. The number of hydrogen-bond acceptors (Lipinski definition) is 9. The van der Waals surface area contributed by atoms with Gasteiger partial charge in [-0.2, -0.15) is 0 Å². The Balaban J connectivity index is 2.73. The molecule has 0 unspecified atom stereocenters. The normalized spacial score (nSPS) is 11.0. The third-order valence-corrected chi connectivity index (χ3v) is 7.22. The maximum Gasteiger partial charge on any atom is 0.340 e. The van der Waals surface area contributed by atoms with Crippen LogP contribution in [0.4, 0.5) is 5.69 Å². The summed E-state index contributed by atoms with van der Waals surface area (Å²) in [5, 5.41) is 0. The van der Waals surface area contributed by atoms with E-state index in [2.05, 4.69) is 15.9 Å². The van der Waals surface area contributed by atoms with E-state index in [9.17, 15) is 22.8 Å². The first-order valence-electron chi connectivity index (χ1n) is 9.71. The molecule has 0 fully saturated rings. The van der Waals surface area contributed by atoms with E-state index in [0.29, 0.717) is 10.2 Å². The predicted molar refractivity (Wildman–Crippen MR) is 125 cm³/mol. The van der Waals surface area contributed by atoms with E-state index in [1.165, 1.54) is 50.6 Å². The zero-order valence-corrected chi connectivity index (χ0v) is 21.6. The van der Waals surface area contributed by atoms with Crippen LogP contribution in [0, 0.1) is 5.92 Å². The summed E-state index contributed by atoms with van der Waals surface area (Å²) in [6, 6.07) is 8.56. The highest BCUT2D eigenvalue weighted by molar-refractivity contribution is 9.10. The van der Waals surface area contributed by atoms with Gasteiger partial charge in [-0.25, -0.2) is 13.2 Å². The number of hydrogen-bond donors (Lipinski definition) is 0. The molecular formula is C22H24BrNO9S. The standard InChI is InChI=1S/C22H24BrNO9S/c1-24(34(28,29)16-8-6-15(30-2)7-9-16)19-13(10-14(23)12-17(19)20(25)31-3)11-18(21(26)32-4)22(27)33-5/h6-10,12,18H,11H2,1-5H3. The average Bonchev–Trinajstić information content (AvgIpc) is 2.84. The van der Waals surface area contributed by atoms with Crippen LogP contribution < -0.4 is 9.04 Å². The molecule has 0 aromatic heterocycles. The molecule has 0 amide bonds. The molecule has 12 heteroatoms. The molecule has 10 nitrogen and oxygen atoms in total. The second-order valence-electron chi connectivity index (χ2n) is 6.90. The van der Waals surface area contributed by atoms with Gasteiger partial charge in [0.1, 0.15) is 5.75 Å². The van der Waals surface area contributed by atoms with Crippen LogP contribution in [0.25, 0.3) is 0 Å². The number of nitrogens with zero attached hydrogens (tertiary/aromatic N) is 1. The van der Waals surface area contributed by atoms with Gasteiger partial charge in [-0.3, -0.25) is 13.9 Å². The molecule has 2 rings (SSSR count). The lowest BCUT2D eigenvalue weighted by atomic mass is 9.95. The van der Waals surface area contributed by atoms with Crippen molar-refractivity contribution in [2.45, 2.75) is 11.3 Å². The van der Waals surface area contributed by atoms with Crippen molar-refractivity contribution in [3.8, 4) is 5.75 Å². The highest BCUT2D eigenvalue weighted by Gasteiger charge is 2.34. The fraction of sp³-hybridized carbons (Fsp3) is 0.318. The molecule has 0 saturated carbocycles. The lowest BCUT2D eigenvalue weighted by Gasteiger charge is -2.26. The third-order valence-electron chi connectivity index (χ3n) is 4.99. The molecular weight excluding hydrogens is 534 g/mol. The summed E-state index contributed by atoms with van der Waals surface area (Å²) in [5.41, 5.74) is 0.0266. The first-order chi connectivity index (χ1) is 16.0. The van der Waals surface area contributed by atoms with Gasteiger partial charge in [0.2, 0.25) is 0 Å². The van der Waals surface area contributed by atoms with Gasteiger partial charge in [0.25, 0.3) is 10.0 Å². The SMILES string of the molecule is COC(=O)c1cc(Br)cc(CC(C(=O)OC)C(=O)OC)c1N(C)S(=O)(=O)c1ccc(OC)cc1. The van der Waals surface area contributed by atoms with Gasteiger partial charge >= 0.3 is 17.9 Å². The molecule has 0 spiro atoms. The molecule has 0 atom stereocenters. The lowest BCUT2D eigenvalue weighted by Crippen LogP contribution is -2.32. The molecule has 184 valence electrons. The predicted octanol–water partition coefficient (Wildman–Crippen LogP) is 2.57. The number of anilines is 1. The fourth-order valence-corrected chi connectivity index (χ4v) is 5.00. The number of ether oxygens (including phenoxy) is 4. The summed E-state index contributed by atoms with van der Waals surface area (Å²) >= 11 is 3.28. The Morgan fingerprint density at radius 2 is 1.50 bits per heavy atom. The Morgan fingerprint density at radius 1 is 0.941 bits per heavy atom. The van der Waals surface area contributed by atoms with Gasteiger partial charge in [0.15, 0.2) is 5.92 Å². The second-order valence-corrected chi connectivity index (χ2v) is 9.79. The van der Waals surface area contributed by atoms with Crippen LogP contribution >= 0.6 is 15.9 Å². The van der Waals surface area contributed by atoms with E-state index >= 15 is 0 Å². The average molecular weight is 558 g/mol. The fourth-order valence-electron chi connectivity index (χ4n) is 3.24. The zero-order chi connectivity index (χ0) is 25.6. The summed E-state index contributed by atoms with van der Waals surface area (Å²) in [7, 11) is 1.89. The quantitative estimate of drug-likeness (QED) is 0.259. The van der Waals surface area contributed by atoms with Gasteiger partial charge < -0.3 is 18.9 Å². The smallest absolute Gasteiger partial charge is 0.340 e. The molecule has 0 aliphatic rings. The number of carbonyl (C=O) groups excluding carboxylic acids is 3. The first-order valence-corrected chi connectivity index (χ1v) is 11.9. The van der Waals surface area contributed by atoms with Gasteiger partial charge in [-0.05, 0) is 48.4 Å². The molecule has 0 N–H and O–H groups in total. The van der Waals surface area contributed by atoms with Crippen LogP contribution in [-0.2, 0) is 40.2 Å². The number of esters is 3. The molecule has 0 saturated heterocycles. The summed E-state index contributed by atoms with van der Waals surface area (Å²) in [6.07, 6.45) is -0.305. The van der Waals surface area contributed by atoms with E-state index in [-0.39, 0.29) is 28.1 Å². The molecule has 0 aliphatic heterocycles. The molecule has 2 aromatic carbocycles. The number of benzene rings is 2. The van der Waals surface area contributed by atoms with Crippen molar-refractivity contribution in [1.82, 2.24) is 0 Å². The Hall–Kier alpha value is -3.12. The molecule has 0 aliphatic carbocycles. The van der Waals surface area contributed by atoms with Crippen molar-refractivity contribution in [3.05, 3.63) is 52.0 Å². The minimum absolute atomic E-state index is 0.0660. The Morgan fingerprint density at radius 3 is 1.97 bits per heavy atom. The van der Waals surface area contributed by atoms with E-state index in [4.69, 9.17) is 18.9 Å². The summed E-state index contributed by atoms with van der Waals surface area (Å²) in [4.78, 5) is 37.1. The maximum atomic E-state index is 13.4. The van der Waals surface area contributed by atoms with Crippen molar-refractivity contribution in [1.29, 1.82) is 0 Å². The number of carbonyl (C=O) groups is 3. The van der Waals surface area contributed by atoms with Crippen LogP contribution in [0.2, 0.25) is 0 Å². The number of sulfonamides is 1. The van der Waals surface area contributed by atoms with Crippen LogP contribution in [-0.4, -0.2) is 61.8 Å². The van der Waals surface area contributed by atoms with Crippen molar-refractivity contribution < 1.29 is 41.7 Å². The monoisotopic (exact) mass is 557 g/mol. The maximum absolute atomic E-state index is 13.4. The van der Waals surface area contributed by atoms with E-state index in [1.807, 2.05) is 0 Å². The van der Waals surface area contributed by atoms with Crippen molar-refractivity contribution >= 4 is 49.5 Å². The second kappa shape index (κ2) is 11.3. The molecule has 0 radical (unpaired) electrons. The largest absolute Gasteiger partial charge is 0.497 e. The highest BCUT2D eigenvalue weighted by atomic mass is 79.9. The van der Waals surface area contributed by atoms with Crippen LogP contribution in [0.3, 0.4) is 0 Å². The molecule has 34 heavy (non-hydrogen) atoms. The Kier molecular flexibility index (Phi) is 9.05. The van der Waals surface area contributed by atoms with E-state index in [1.54, 1.807) is 0 Å². The van der Waals surface area contributed by atoms with Crippen LogP contribution in [0.5, 0.6) is 5.75 Å². The number of rotatable bonds is 9. The minimum Gasteiger partial charge on any atom is -0.497 e. The van der Waals surface area contributed by atoms with Crippen molar-refractivity contribution in [2.24, 2.45) is 5.92 Å². The summed E-state index contributed by atoms with van der Waals surface area (Å²) in [6.45, 7) is 0. The van der Waals surface area contributed by atoms with E-state index in [0.717, 1.165) is 25.6 Å². The summed E-state index contributed by atoms with van der Waals surface area (Å²) in [5.74, 6) is -3.51. The first kappa shape index (κ1) is 27.1. The summed E-state index contributed by atoms with van der Waals surface area (Å²) < 4.78 is 47.5. The van der Waals surface area contributed by atoms with Gasteiger partial charge in [0.05, 0.1) is 44.6 Å². The van der Waals surface area contributed by atoms with Crippen LogP contribution in [0.1, 0.15) is 15.9 Å². The number of halogens is 1. The highest BCUT2D eigenvalue weighted by Crippen LogP contribution is 2.35.